The summed E-state index contributed by atoms with van der Waals surface area (Å²) in [6, 6.07) is 1.31. The molecule has 0 atom stereocenters. The van der Waals surface area contributed by atoms with Gasteiger partial charge in [0.1, 0.15) is 11.6 Å². The highest BCUT2D eigenvalue weighted by Gasteiger charge is 2.12. The predicted octanol–water partition coefficient (Wildman–Crippen LogP) is -0.364. The van der Waals surface area contributed by atoms with E-state index in [-0.39, 0.29) is 17.9 Å². The Labute approximate surface area is 106 Å². The van der Waals surface area contributed by atoms with Crippen LogP contribution in [-0.2, 0) is 16.4 Å². The van der Waals surface area contributed by atoms with E-state index in [9.17, 15) is 13.2 Å². The second-order valence-corrected chi connectivity index (χ2v) is 6.26. The number of hydrogen-bond donors (Lipinski definition) is 2. The van der Waals surface area contributed by atoms with Gasteiger partial charge in [-0.3, -0.25) is 4.79 Å². The van der Waals surface area contributed by atoms with Crippen molar-refractivity contribution < 1.29 is 8.42 Å². The highest BCUT2D eigenvalue weighted by Crippen LogP contribution is 2.00. The van der Waals surface area contributed by atoms with Gasteiger partial charge in [0.2, 0.25) is 10.0 Å². The van der Waals surface area contributed by atoms with Crippen molar-refractivity contribution in [2.45, 2.75) is 13.3 Å². The number of nitrogens with one attached hydrogen (secondary N) is 2. The zero-order chi connectivity index (χ0) is 13.8. The van der Waals surface area contributed by atoms with Crippen LogP contribution in [0.4, 0.5) is 5.82 Å². The maximum Gasteiger partial charge on any atom is 0.252 e. The number of aromatic amines is 1. The van der Waals surface area contributed by atoms with Crippen LogP contribution in [0.1, 0.15) is 12.7 Å². The van der Waals surface area contributed by atoms with Crippen LogP contribution in [0.3, 0.4) is 0 Å². The monoisotopic (exact) mass is 274 g/mol. The Balaban J connectivity index is 2.65. The van der Waals surface area contributed by atoms with Gasteiger partial charge in [0, 0.05) is 33.1 Å². The molecule has 0 spiro atoms. The molecule has 0 bridgehead atoms. The van der Waals surface area contributed by atoms with Gasteiger partial charge in [-0.05, 0) is 0 Å². The minimum atomic E-state index is -3.24. The highest BCUT2D eigenvalue weighted by molar-refractivity contribution is 7.89. The summed E-state index contributed by atoms with van der Waals surface area (Å²) in [6.45, 7) is 2.08. The summed E-state index contributed by atoms with van der Waals surface area (Å²) in [6.07, 6.45) is 0.612. The van der Waals surface area contributed by atoms with Gasteiger partial charge < -0.3 is 10.3 Å². The summed E-state index contributed by atoms with van der Waals surface area (Å²) in [7, 11) is -0.273. The third-order valence-corrected chi connectivity index (χ3v) is 4.18. The Kier molecular flexibility index (Phi) is 4.85. The number of rotatable bonds is 6. The fourth-order valence-corrected chi connectivity index (χ4v) is 1.98. The van der Waals surface area contributed by atoms with Crippen LogP contribution < -0.4 is 10.9 Å². The fourth-order valence-electron chi connectivity index (χ4n) is 1.26. The largest absolute Gasteiger partial charge is 0.369 e. The molecule has 1 aromatic heterocycles. The maximum absolute atomic E-state index is 11.5. The number of aryl methyl sites for hydroxylation is 1. The molecule has 0 radical (unpaired) electrons. The Hall–Kier alpha value is -1.41. The minimum Gasteiger partial charge on any atom is -0.369 e. The summed E-state index contributed by atoms with van der Waals surface area (Å²) < 4.78 is 24.2. The lowest BCUT2D eigenvalue weighted by molar-refractivity contribution is 0.521. The molecule has 0 saturated carbocycles. The molecule has 0 aliphatic rings. The van der Waals surface area contributed by atoms with Gasteiger partial charge in [-0.25, -0.2) is 17.7 Å². The average Bonchev–Trinajstić information content (AvgIpc) is 2.27. The van der Waals surface area contributed by atoms with Crippen LogP contribution in [0.2, 0.25) is 0 Å². The molecule has 2 N–H and O–H groups in total. The van der Waals surface area contributed by atoms with Crippen molar-refractivity contribution in [3.63, 3.8) is 0 Å². The first-order valence-electron chi connectivity index (χ1n) is 5.59. The molecule has 0 unspecified atom stereocenters. The number of hydrogen-bond acceptors (Lipinski definition) is 5. The van der Waals surface area contributed by atoms with E-state index in [4.69, 9.17) is 0 Å². The first-order valence-corrected chi connectivity index (χ1v) is 7.20. The molecule has 0 amide bonds. The van der Waals surface area contributed by atoms with E-state index < -0.39 is 10.0 Å². The second-order valence-electron chi connectivity index (χ2n) is 3.96. The topological polar surface area (TPSA) is 95.2 Å². The normalized spacial score (nSPS) is 11.8. The molecule has 1 rings (SSSR count). The standard InChI is InChI=1S/C10H18N4O3S/c1-4-8-12-9(7-10(15)13-8)11-5-6-18(16,17)14(2)3/h7H,4-6H2,1-3H3,(H2,11,12,13,15). The quantitative estimate of drug-likeness (QED) is 0.738. The van der Waals surface area contributed by atoms with E-state index in [1.807, 2.05) is 6.92 Å². The van der Waals surface area contributed by atoms with Gasteiger partial charge in [-0.15, -0.1) is 0 Å². The summed E-state index contributed by atoms with van der Waals surface area (Å²) in [5.74, 6) is 0.917. The lowest BCUT2D eigenvalue weighted by Crippen LogP contribution is -2.28. The van der Waals surface area contributed by atoms with Crippen LogP contribution in [0.25, 0.3) is 0 Å². The third kappa shape index (κ3) is 4.11. The smallest absolute Gasteiger partial charge is 0.252 e. The first-order chi connectivity index (χ1) is 8.35. The number of aromatic nitrogens is 2. The van der Waals surface area contributed by atoms with Crippen LogP contribution in [0, 0.1) is 0 Å². The van der Waals surface area contributed by atoms with Gasteiger partial charge in [0.25, 0.3) is 5.56 Å². The van der Waals surface area contributed by atoms with Crippen LogP contribution in [-0.4, -0.2) is 49.1 Å². The van der Waals surface area contributed by atoms with Gasteiger partial charge in [0.05, 0.1) is 5.75 Å². The molecular weight excluding hydrogens is 256 g/mol. The van der Waals surface area contributed by atoms with Crippen molar-refractivity contribution in [2.75, 3.05) is 31.7 Å². The summed E-state index contributed by atoms with van der Waals surface area (Å²) in [5.41, 5.74) is -0.250. The molecule has 0 fully saturated rings. The van der Waals surface area contributed by atoms with Crippen LogP contribution >= 0.6 is 0 Å². The van der Waals surface area contributed by atoms with E-state index in [1.54, 1.807) is 0 Å². The SMILES string of the molecule is CCc1nc(NCCS(=O)(=O)N(C)C)cc(=O)[nH]1. The van der Waals surface area contributed by atoms with Crippen molar-refractivity contribution in [1.82, 2.24) is 14.3 Å². The van der Waals surface area contributed by atoms with E-state index in [0.717, 1.165) is 4.31 Å². The zero-order valence-electron chi connectivity index (χ0n) is 10.7. The molecular formula is C10H18N4O3S. The van der Waals surface area contributed by atoms with Crippen molar-refractivity contribution in [1.29, 1.82) is 0 Å². The van der Waals surface area contributed by atoms with E-state index in [2.05, 4.69) is 15.3 Å². The molecule has 0 aliphatic carbocycles. The Morgan fingerprint density at radius 3 is 2.67 bits per heavy atom. The van der Waals surface area contributed by atoms with Crippen molar-refractivity contribution in [3.05, 3.63) is 22.2 Å². The fraction of sp³-hybridized carbons (Fsp3) is 0.600. The summed E-state index contributed by atoms with van der Waals surface area (Å²) in [4.78, 5) is 18.0. The van der Waals surface area contributed by atoms with Crippen LogP contribution in [0.15, 0.2) is 10.9 Å². The molecule has 8 heteroatoms. The molecule has 0 aromatic carbocycles. The molecule has 1 aromatic rings. The Morgan fingerprint density at radius 1 is 1.44 bits per heavy atom. The zero-order valence-corrected chi connectivity index (χ0v) is 11.5. The number of sulfonamides is 1. The van der Waals surface area contributed by atoms with E-state index in [0.29, 0.717) is 18.1 Å². The van der Waals surface area contributed by atoms with Gasteiger partial charge in [0.15, 0.2) is 0 Å². The minimum absolute atomic E-state index is 0.0457. The lowest BCUT2D eigenvalue weighted by atomic mass is 10.4. The molecule has 0 saturated heterocycles. The second kappa shape index (κ2) is 5.96. The van der Waals surface area contributed by atoms with Crippen molar-refractivity contribution in [3.8, 4) is 0 Å². The molecule has 7 nitrogen and oxygen atoms in total. The highest BCUT2D eigenvalue weighted by atomic mass is 32.2. The molecule has 18 heavy (non-hydrogen) atoms. The molecule has 102 valence electrons. The van der Waals surface area contributed by atoms with Crippen molar-refractivity contribution >= 4 is 15.8 Å². The van der Waals surface area contributed by atoms with E-state index >= 15 is 0 Å². The van der Waals surface area contributed by atoms with Crippen molar-refractivity contribution in [2.24, 2.45) is 0 Å². The third-order valence-electron chi connectivity index (χ3n) is 2.35. The summed E-state index contributed by atoms with van der Waals surface area (Å²) >= 11 is 0. The average molecular weight is 274 g/mol. The van der Waals surface area contributed by atoms with Gasteiger partial charge in [-0.2, -0.15) is 0 Å². The number of anilines is 1. The Bertz CT molecular complexity index is 550. The first kappa shape index (κ1) is 14.7. The number of nitrogens with zero attached hydrogens (tertiary/aromatic N) is 2. The number of H-pyrrole nitrogens is 1. The summed E-state index contributed by atoms with van der Waals surface area (Å²) in [5, 5.41) is 2.83. The van der Waals surface area contributed by atoms with E-state index in [1.165, 1.54) is 20.2 Å². The van der Waals surface area contributed by atoms with Crippen LogP contribution in [0.5, 0.6) is 0 Å². The molecule has 0 aliphatic heterocycles. The van der Waals surface area contributed by atoms with Gasteiger partial charge in [-0.1, -0.05) is 6.92 Å². The Morgan fingerprint density at radius 2 is 2.11 bits per heavy atom. The molecule has 1 heterocycles. The maximum atomic E-state index is 11.5. The van der Waals surface area contributed by atoms with Gasteiger partial charge >= 0.3 is 0 Å². The lowest BCUT2D eigenvalue weighted by Gasteiger charge is -2.11. The predicted molar refractivity (Wildman–Crippen MR) is 70.2 cm³/mol.